The molecule has 84 valence electrons. The van der Waals surface area contributed by atoms with Gasteiger partial charge in [0.15, 0.2) is 0 Å². The molecule has 1 rings (SSSR count). The molecule has 3 heteroatoms. The molecule has 0 bridgehead atoms. The van der Waals surface area contributed by atoms with E-state index in [1.807, 2.05) is 0 Å². The highest BCUT2D eigenvalue weighted by Gasteiger charge is 2.11. The molecular weight excluding hydrogens is 215 g/mol. The number of rotatable bonds is 5. The van der Waals surface area contributed by atoms with Gasteiger partial charge in [-0.25, -0.2) is 4.39 Å². The Balaban J connectivity index is 2.64. The summed E-state index contributed by atoms with van der Waals surface area (Å²) in [7, 11) is 0. The molecule has 0 heterocycles. The first kappa shape index (κ1) is 12.5. The zero-order valence-corrected chi connectivity index (χ0v) is 9.60. The third kappa shape index (κ3) is 3.80. The number of aliphatic hydroxyl groups is 1. The Morgan fingerprint density at radius 1 is 1.40 bits per heavy atom. The van der Waals surface area contributed by atoms with Crippen molar-refractivity contribution < 1.29 is 9.50 Å². The lowest BCUT2D eigenvalue weighted by Gasteiger charge is -2.12. The van der Waals surface area contributed by atoms with E-state index in [9.17, 15) is 9.50 Å². The molecule has 0 aliphatic rings. The standard InChI is InChI=1S/C12H16ClFO/c1-2-3-4-5-12(15)10-8-9(14)6-7-11(10)13/h6-8,12,15H,2-5H2,1H3. The zero-order chi connectivity index (χ0) is 11.3. The number of unbranched alkanes of at least 4 members (excludes halogenated alkanes) is 2. The van der Waals surface area contributed by atoms with E-state index in [1.165, 1.54) is 18.2 Å². The topological polar surface area (TPSA) is 20.2 Å². The van der Waals surface area contributed by atoms with Crippen LogP contribution in [0.4, 0.5) is 4.39 Å². The monoisotopic (exact) mass is 230 g/mol. The minimum absolute atomic E-state index is 0.357. The number of benzene rings is 1. The molecule has 15 heavy (non-hydrogen) atoms. The Morgan fingerprint density at radius 2 is 2.13 bits per heavy atom. The maximum absolute atomic E-state index is 12.9. The zero-order valence-electron chi connectivity index (χ0n) is 8.84. The average molecular weight is 231 g/mol. The molecule has 1 aromatic carbocycles. The Bertz CT molecular complexity index is 314. The van der Waals surface area contributed by atoms with Gasteiger partial charge in [0, 0.05) is 10.6 Å². The van der Waals surface area contributed by atoms with Gasteiger partial charge in [-0.3, -0.25) is 0 Å². The maximum atomic E-state index is 12.9. The first-order valence-electron chi connectivity index (χ1n) is 5.28. The molecule has 1 atom stereocenters. The van der Waals surface area contributed by atoms with Crippen LogP contribution in [0.2, 0.25) is 5.02 Å². The lowest BCUT2D eigenvalue weighted by atomic mass is 10.0. The van der Waals surface area contributed by atoms with Crippen LogP contribution >= 0.6 is 11.6 Å². The molecule has 0 aliphatic heterocycles. The van der Waals surface area contributed by atoms with Gasteiger partial charge in [0.1, 0.15) is 5.82 Å². The Kier molecular flexibility index (Phi) is 5.06. The van der Waals surface area contributed by atoms with Gasteiger partial charge < -0.3 is 5.11 Å². The van der Waals surface area contributed by atoms with E-state index >= 15 is 0 Å². The molecule has 0 aliphatic carbocycles. The summed E-state index contributed by atoms with van der Waals surface area (Å²) in [5.41, 5.74) is 0.493. The van der Waals surface area contributed by atoms with Crippen molar-refractivity contribution in [2.24, 2.45) is 0 Å². The summed E-state index contributed by atoms with van der Waals surface area (Å²) in [6, 6.07) is 4.08. The van der Waals surface area contributed by atoms with Crippen LogP contribution in [0.1, 0.15) is 44.3 Å². The van der Waals surface area contributed by atoms with E-state index in [-0.39, 0.29) is 5.82 Å². The summed E-state index contributed by atoms with van der Waals surface area (Å²) in [6.45, 7) is 2.10. The van der Waals surface area contributed by atoms with E-state index in [4.69, 9.17) is 11.6 Å². The molecule has 0 fully saturated rings. The van der Waals surface area contributed by atoms with Gasteiger partial charge in [-0.05, 0) is 24.6 Å². The molecule has 1 N–H and O–H groups in total. The SMILES string of the molecule is CCCCCC(O)c1cc(F)ccc1Cl. The molecule has 0 radical (unpaired) electrons. The summed E-state index contributed by atoms with van der Waals surface area (Å²) < 4.78 is 12.9. The fourth-order valence-corrected chi connectivity index (χ4v) is 1.76. The predicted molar refractivity (Wildman–Crippen MR) is 60.5 cm³/mol. The van der Waals surface area contributed by atoms with Crippen LogP contribution in [0.5, 0.6) is 0 Å². The molecule has 1 aromatic rings. The number of hydrogen-bond donors (Lipinski definition) is 1. The van der Waals surface area contributed by atoms with Gasteiger partial charge in [-0.15, -0.1) is 0 Å². The highest BCUT2D eigenvalue weighted by Crippen LogP contribution is 2.27. The molecule has 0 spiro atoms. The van der Waals surface area contributed by atoms with E-state index in [0.717, 1.165) is 19.3 Å². The predicted octanol–water partition coefficient (Wildman–Crippen LogP) is 4.09. The van der Waals surface area contributed by atoms with Crippen LogP contribution in [0.15, 0.2) is 18.2 Å². The van der Waals surface area contributed by atoms with E-state index in [2.05, 4.69) is 6.92 Å². The van der Waals surface area contributed by atoms with Crippen molar-refractivity contribution in [3.8, 4) is 0 Å². The van der Waals surface area contributed by atoms with Gasteiger partial charge in [-0.1, -0.05) is 37.8 Å². The highest BCUT2D eigenvalue weighted by atomic mass is 35.5. The van der Waals surface area contributed by atoms with Gasteiger partial charge in [0.2, 0.25) is 0 Å². The molecular formula is C12H16ClFO. The number of hydrogen-bond acceptors (Lipinski definition) is 1. The Hall–Kier alpha value is -0.600. The molecule has 0 amide bonds. The second kappa shape index (κ2) is 6.09. The normalized spacial score (nSPS) is 12.8. The van der Waals surface area contributed by atoms with Crippen molar-refractivity contribution in [1.82, 2.24) is 0 Å². The Morgan fingerprint density at radius 3 is 2.80 bits per heavy atom. The minimum atomic E-state index is -0.653. The molecule has 0 saturated heterocycles. The third-order valence-corrected chi connectivity index (χ3v) is 2.74. The van der Waals surface area contributed by atoms with Crippen LogP contribution in [0, 0.1) is 5.82 Å². The van der Waals surface area contributed by atoms with Crippen LogP contribution < -0.4 is 0 Å². The summed E-state index contributed by atoms with van der Waals surface area (Å²) in [4.78, 5) is 0. The highest BCUT2D eigenvalue weighted by molar-refractivity contribution is 6.31. The quantitative estimate of drug-likeness (QED) is 0.756. The Labute approximate surface area is 94.9 Å². The third-order valence-electron chi connectivity index (χ3n) is 2.40. The molecule has 0 saturated carbocycles. The van der Waals surface area contributed by atoms with Crippen molar-refractivity contribution in [2.45, 2.75) is 38.7 Å². The van der Waals surface area contributed by atoms with Crippen LogP contribution in [-0.2, 0) is 0 Å². The van der Waals surface area contributed by atoms with Gasteiger partial charge in [-0.2, -0.15) is 0 Å². The first-order chi connectivity index (χ1) is 7.15. The fraction of sp³-hybridized carbons (Fsp3) is 0.500. The molecule has 1 nitrogen and oxygen atoms in total. The van der Waals surface area contributed by atoms with E-state index in [1.54, 1.807) is 0 Å². The van der Waals surface area contributed by atoms with Crippen LogP contribution in [0.25, 0.3) is 0 Å². The number of halogens is 2. The maximum Gasteiger partial charge on any atom is 0.123 e. The lowest BCUT2D eigenvalue weighted by molar-refractivity contribution is 0.163. The second-order valence-corrected chi connectivity index (χ2v) is 4.08. The summed E-state index contributed by atoms with van der Waals surface area (Å²) in [5, 5.41) is 10.2. The van der Waals surface area contributed by atoms with Crippen LogP contribution in [0.3, 0.4) is 0 Å². The van der Waals surface area contributed by atoms with Gasteiger partial charge in [0.05, 0.1) is 6.10 Å². The summed E-state index contributed by atoms with van der Waals surface area (Å²) >= 11 is 5.88. The summed E-state index contributed by atoms with van der Waals surface area (Å²) in [5.74, 6) is -0.357. The van der Waals surface area contributed by atoms with Crippen LogP contribution in [-0.4, -0.2) is 5.11 Å². The van der Waals surface area contributed by atoms with Crippen molar-refractivity contribution in [1.29, 1.82) is 0 Å². The smallest absolute Gasteiger partial charge is 0.123 e. The van der Waals surface area contributed by atoms with Crippen molar-refractivity contribution in [2.75, 3.05) is 0 Å². The van der Waals surface area contributed by atoms with Crippen molar-refractivity contribution in [3.05, 3.63) is 34.6 Å². The second-order valence-electron chi connectivity index (χ2n) is 3.68. The van der Waals surface area contributed by atoms with Gasteiger partial charge in [0.25, 0.3) is 0 Å². The largest absolute Gasteiger partial charge is 0.388 e. The lowest BCUT2D eigenvalue weighted by Crippen LogP contribution is -1.99. The van der Waals surface area contributed by atoms with Crippen molar-refractivity contribution >= 4 is 11.6 Å². The van der Waals surface area contributed by atoms with E-state index in [0.29, 0.717) is 17.0 Å². The average Bonchev–Trinajstić information content (AvgIpc) is 2.22. The molecule has 1 unspecified atom stereocenters. The summed E-state index contributed by atoms with van der Waals surface area (Å²) in [6.07, 6.45) is 3.09. The van der Waals surface area contributed by atoms with E-state index < -0.39 is 6.10 Å². The van der Waals surface area contributed by atoms with Crippen molar-refractivity contribution in [3.63, 3.8) is 0 Å². The first-order valence-corrected chi connectivity index (χ1v) is 5.66. The van der Waals surface area contributed by atoms with Gasteiger partial charge >= 0.3 is 0 Å². The number of aliphatic hydroxyl groups excluding tert-OH is 1. The fourth-order valence-electron chi connectivity index (χ4n) is 1.51. The minimum Gasteiger partial charge on any atom is -0.388 e. The molecule has 0 aromatic heterocycles.